The van der Waals surface area contributed by atoms with E-state index < -0.39 is 18.0 Å². The average molecular weight is 234 g/mol. The van der Waals surface area contributed by atoms with Crippen molar-refractivity contribution in [2.24, 2.45) is 22.9 Å². The molecule has 0 aliphatic carbocycles. The van der Waals surface area contributed by atoms with Gasteiger partial charge in [-0.3, -0.25) is 10.2 Å². The van der Waals surface area contributed by atoms with E-state index in [9.17, 15) is 4.79 Å². The van der Waals surface area contributed by atoms with Gasteiger partial charge >= 0.3 is 12.0 Å². The van der Waals surface area contributed by atoms with Crippen molar-refractivity contribution >= 4 is 18.0 Å². The predicted molar refractivity (Wildman–Crippen MR) is 58.5 cm³/mol. The summed E-state index contributed by atoms with van der Waals surface area (Å²) in [6.45, 7) is 0.482. The number of primary amides is 2. The Morgan fingerprint density at radius 3 is 2.06 bits per heavy atom. The lowest BCUT2D eigenvalue weighted by molar-refractivity contribution is -0.138. The molecule has 2 amide bonds. The van der Waals surface area contributed by atoms with E-state index in [0.29, 0.717) is 19.4 Å². The third-order valence-corrected chi connectivity index (χ3v) is 1.32. The number of carbonyl (C=O) groups excluding carboxylic acids is 1. The maximum absolute atomic E-state index is 10.2. The molecule has 1 atom stereocenters. The fourth-order valence-electron chi connectivity index (χ4n) is 0.669. The normalized spacial score (nSPS) is 10.6. The molecular formula is C7H18N6O3. The number of guanidine groups is 1. The summed E-state index contributed by atoms with van der Waals surface area (Å²) in [6, 6.07) is -1.65. The molecule has 0 saturated heterocycles. The van der Waals surface area contributed by atoms with Gasteiger partial charge in [-0.15, -0.1) is 0 Å². The van der Waals surface area contributed by atoms with Crippen LogP contribution in [0.25, 0.3) is 0 Å². The van der Waals surface area contributed by atoms with E-state index in [1.165, 1.54) is 0 Å². The van der Waals surface area contributed by atoms with Crippen molar-refractivity contribution in [2.75, 3.05) is 6.54 Å². The van der Waals surface area contributed by atoms with Crippen molar-refractivity contribution < 1.29 is 14.7 Å². The second-order valence-electron chi connectivity index (χ2n) is 2.83. The van der Waals surface area contributed by atoms with Crippen molar-refractivity contribution in [2.45, 2.75) is 18.9 Å². The molecule has 9 nitrogen and oxygen atoms in total. The van der Waals surface area contributed by atoms with Gasteiger partial charge in [0.1, 0.15) is 6.04 Å². The molecule has 9 heteroatoms. The molecule has 94 valence electrons. The van der Waals surface area contributed by atoms with Crippen LogP contribution in [-0.2, 0) is 4.79 Å². The van der Waals surface area contributed by atoms with Gasteiger partial charge in [0, 0.05) is 6.54 Å². The van der Waals surface area contributed by atoms with E-state index in [2.05, 4.69) is 16.8 Å². The van der Waals surface area contributed by atoms with E-state index in [0.717, 1.165) is 0 Å². The molecule has 16 heavy (non-hydrogen) atoms. The second kappa shape index (κ2) is 9.52. The lowest BCUT2D eigenvalue weighted by atomic mass is 10.2. The molecular weight excluding hydrogens is 216 g/mol. The summed E-state index contributed by atoms with van der Waals surface area (Å²) in [5.74, 6) is -1.11. The van der Waals surface area contributed by atoms with E-state index in [1.807, 2.05) is 0 Å². The molecule has 0 aliphatic rings. The van der Waals surface area contributed by atoms with Gasteiger partial charge in [-0.2, -0.15) is 0 Å². The largest absolute Gasteiger partial charge is 0.480 e. The van der Waals surface area contributed by atoms with Crippen LogP contribution in [-0.4, -0.2) is 35.7 Å². The average Bonchev–Trinajstić information content (AvgIpc) is 2.10. The predicted octanol–water partition coefficient (Wildman–Crippen LogP) is -2.31. The zero-order chi connectivity index (χ0) is 13.1. The first kappa shape index (κ1) is 16.4. The molecule has 0 aliphatic heterocycles. The first-order chi connectivity index (χ1) is 7.27. The lowest BCUT2D eigenvalue weighted by Gasteiger charge is -2.06. The SMILES string of the molecule is N=C(N)NCCC[C@H](N)C(=O)O.NC(N)=O. The number of carboxylic acids is 1. The van der Waals surface area contributed by atoms with Crippen LogP contribution in [0.15, 0.2) is 0 Å². The Hall–Kier alpha value is -2.03. The van der Waals surface area contributed by atoms with Crippen LogP contribution in [0.1, 0.15) is 12.8 Å². The Labute approximate surface area is 92.6 Å². The minimum absolute atomic E-state index is 0.112. The molecule has 0 rings (SSSR count). The summed E-state index contributed by atoms with van der Waals surface area (Å²) in [7, 11) is 0. The van der Waals surface area contributed by atoms with Crippen molar-refractivity contribution in [1.82, 2.24) is 5.32 Å². The number of aliphatic carboxylic acids is 1. The van der Waals surface area contributed by atoms with Crippen molar-refractivity contribution in [3.8, 4) is 0 Å². The Balaban J connectivity index is 0. The highest BCUT2D eigenvalue weighted by Crippen LogP contribution is 1.92. The molecule has 0 aromatic heterocycles. The van der Waals surface area contributed by atoms with Crippen molar-refractivity contribution in [3.63, 3.8) is 0 Å². The minimum atomic E-state index is -1.00. The summed E-state index contributed by atoms with van der Waals surface area (Å²) < 4.78 is 0. The summed E-state index contributed by atoms with van der Waals surface area (Å²) in [5.41, 5.74) is 18.7. The summed E-state index contributed by atoms with van der Waals surface area (Å²) in [4.78, 5) is 19.2. The molecule has 0 heterocycles. The molecule has 0 bridgehead atoms. The fraction of sp³-hybridized carbons (Fsp3) is 0.571. The van der Waals surface area contributed by atoms with Crippen molar-refractivity contribution in [3.05, 3.63) is 0 Å². The molecule has 0 aromatic carbocycles. The number of urea groups is 1. The molecule has 0 unspecified atom stereocenters. The highest BCUT2D eigenvalue weighted by atomic mass is 16.4. The number of carbonyl (C=O) groups is 2. The topological polar surface area (TPSA) is 194 Å². The van der Waals surface area contributed by atoms with Gasteiger partial charge in [-0.05, 0) is 12.8 Å². The Morgan fingerprint density at radius 2 is 1.75 bits per heavy atom. The van der Waals surface area contributed by atoms with Gasteiger partial charge in [-0.1, -0.05) is 0 Å². The third-order valence-electron chi connectivity index (χ3n) is 1.32. The third kappa shape index (κ3) is 17.9. The number of hydrogen-bond acceptors (Lipinski definition) is 4. The van der Waals surface area contributed by atoms with E-state index in [1.54, 1.807) is 0 Å². The van der Waals surface area contributed by atoms with Gasteiger partial charge in [0.2, 0.25) is 0 Å². The number of nitrogens with one attached hydrogen (secondary N) is 2. The standard InChI is InChI=1S/C6H14N4O2.CH4N2O/c7-4(5(11)12)2-1-3-10-6(8)9;2-1(3)4/h4H,1-3,7H2,(H,11,12)(H4,8,9,10);(H4,2,3,4)/t4-;/m0./s1. The first-order valence-electron chi connectivity index (χ1n) is 4.38. The Morgan fingerprint density at radius 1 is 1.31 bits per heavy atom. The fourth-order valence-corrected chi connectivity index (χ4v) is 0.669. The summed E-state index contributed by atoms with van der Waals surface area (Å²) in [5, 5.41) is 17.7. The molecule has 0 radical (unpaired) electrons. The van der Waals surface area contributed by atoms with Gasteiger partial charge in [0.25, 0.3) is 0 Å². The number of carboxylic acid groups (broad SMARTS) is 1. The van der Waals surface area contributed by atoms with Crippen LogP contribution in [0.2, 0.25) is 0 Å². The van der Waals surface area contributed by atoms with Gasteiger partial charge in [-0.25, -0.2) is 4.79 Å². The van der Waals surface area contributed by atoms with Crippen LogP contribution in [0.5, 0.6) is 0 Å². The zero-order valence-electron chi connectivity index (χ0n) is 8.77. The highest BCUT2D eigenvalue weighted by molar-refractivity contribution is 5.74. The van der Waals surface area contributed by atoms with Crippen LogP contribution >= 0.6 is 0 Å². The smallest absolute Gasteiger partial charge is 0.320 e. The minimum Gasteiger partial charge on any atom is -0.480 e. The monoisotopic (exact) mass is 234 g/mol. The summed E-state index contributed by atoms with van der Waals surface area (Å²) >= 11 is 0. The quantitative estimate of drug-likeness (QED) is 0.158. The lowest BCUT2D eigenvalue weighted by Crippen LogP contribution is -2.34. The number of nitrogens with two attached hydrogens (primary N) is 4. The van der Waals surface area contributed by atoms with E-state index >= 15 is 0 Å². The first-order valence-corrected chi connectivity index (χ1v) is 4.38. The zero-order valence-corrected chi connectivity index (χ0v) is 8.77. The molecule has 0 fully saturated rings. The van der Waals surface area contributed by atoms with E-state index in [-0.39, 0.29) is 5.96 Å². The molecule has 0 aromatic rings. The maximum Gasteiger partial charge on any atom is 0.320 e. The van der Waals surface area contributed by atoms with Gasteiger partial charge in [0.15, 0.2) is 5.96 Å². The van der Waals surface area contributed by atoms with Crippen LogP contribution in [0.4, 0.5) is 4.79 Å². The molecule has 11 N–H and O–H groups in total. The second-order valence-corrected chi connectivity index (χ2v) is 2.83. The van der Waals surface area contributed by atoms with Gasteiger partial charge < -0.3 is 33.4 Å². The number of amides is 2. The van der Waals surface area contributed by atoms with Crippen LogP contribution in [0, 0.1) is 5.41 Å². The van der Waals surface area contributed by atoms with Crippen LogP contribution in [0.3, 0.4) is 0 Å². The number of rotatable bonds is 5. The van der Waals surface area contributed by atoms with Crippen molar-refractivity contribution in [1.29, 1.82) is 5.41 Å². The number of hydrogen-bond donors (Lipinski definition) is 7. The van der Waals surface area contributed by atoms with Crippen LogP contribution < -0.4 is 28.3 Å². The highest BCUT2D eigenvalue weighted by Gasteiger charge is 2.09. The Bertz CT molecular complexity index is 240. The molecule has 0 spiro atoms. The maximum atomic E-state index is 10.2. The van der Waals surface area contributed by atoms with Gasteiger partial charge in [0.05, 0.1) is 0 Å². The summed E-state index contributed by atoms with van der Waals surface area (Å²) in [6.07, 6.45) is 0.975. The Kier molecular flexibility index (Phi) is 9.76. The van der Waals surface area contributed by atoms with E-state index in [4.69, 9.17) is 26.8 Å². The molecule has 0 saturated carbocycles.